The fourth-order valence-corrected chi connectivity index (χ4v) is 4.63. The molecule has 0 saturated heterocycles. The number of rotatable bonds is 6. The lowest BCUT2D eigenvalue weighted by Gasteiger charge is -2.14. The van der Waals surface area contributed by atoms with Crippen LogP contribution in [0.4, 0.5) is 5.69 Å². The third-order valence-corrected chi connectivity index (χ3v) is 5.88. The minimum absolute atomic E-state index is 0.132. The summed E-state index contributed by atoms with van der Waals surface area (Å²) in [5, 5.41) is 15.9. The van der Waals surface area contributed by atoms with Crippen LogP contribution in [0.25, 0.3) is 15.5 Å². The number of carbonyl (C=O) groups excluding carboxylic acids is 1. The van der Waals surface area contributed by atoms with Gasteiger partial charge in [0.2, 0.25) is 4.96 Å². The molecule has 2 heterocycles. The van der Waals surface area contributed by atoms with Crippen LogP contribution in [0, 0.1) is 13.8 Å². The molecule has 8 nitrogen and oxygen atoms in total. The number of aromatic nitrogens is 4. The second-order valence-corrected chi connectivity index (χ2v) is 8.42. The van der Waals surface area contributed by atoms with E-state index < -0.39 is 0 Å². The smallest absolute Gasteiger partial charge is 0.262 e. The fraction of sp³-hybridized carbons (Fsp3) is 0.200. The first-order valence-corrected chi connectivity index (χ1v) is 10.6. The van der Waals surface area contributed by atoms with Crippen molar-refractivity contribution in [1.82, 2.24) is 19.8 Å². The van der Waals surface area contributed by atoms with Crippen LogP contribution in [0.2, 0.25) is 0 Å². The lowest BCUT2D eigenvalue weighted by Crippen LogP contribution is -2.21. The second-order valence-electron chi connectivity index (χ2n) is 6.61. The maximum absolute atomic E-state index is 12.5. The number of nitrogens with zero attached hydrogens (tertiary/aromatic N) is 4. The van der Waals surface area contributed by atoms with Crippen molar-refractivity contribution in [3.05, 3.63) is 52.3 Å². The number of halogens is 1. The third kappa shape index (κ3) is 4.14. The molecular weight excluding hydrogens is 470 g/mol. The molecule has 0 bridgehead atoms. The molecule has 0 unspecified atom stereocenters. The molecule has 154 valence electrons. The monoisotopic (exact) mass is 487 g/mol. The number of fused-ring (bicyclic) bond motifs is 1. The van der Waals surface area contributed by atoms with Crippen molar-refractivity contribution in [2.24, 2.45) is 0 Å². The first kappa shape index (κ1) is 20.3. The average molecular weight is 488 g/mol. The van der Waals surface area contributed by atoms with E-state index in [4.69, 9.17) is 9.47 Å². The topological polar surface area (TPSA) is 90.6 Å². The van der Waals surface area contributed by atoms with Crippen LogP contribution in [0.3, 0.4) is 0 Å². The van der Waals surface area contributed by atoms with E-state index in [1.165, 1.54) is 11.3 Å². The number of amides is 1. The van der Waals surface area contributed by atoms with E-state index in [9.17, 15) is 4.79 Å². The number of hydrogen-bond acceptors (Lipinski definition) is 7. The van der Waals surface area contributed by atoms with Crippen molar-refractivity contribution in [2.45, 2.75) is 13.8 Å². The molecule has 2 aromatic heterocycles. The maximum Gasteiger partial charge on any atom is 0.262 e. The standard InChI is InChI=1S/C20H18BrN5O3S/c1-11-6-12(2)18(14(21)7-11)29-9-17(27)23-15-8-13(4-5-16(15)28-3)19-25-26-10-22-24-20(26)30-19/h4-8,10H,9H2,1-3H3,(H,23,27). The number of aryl methyl sites for hydroxylation is 2. The largest absolute Gasteiger partial charge is 0.495 e. The molecule has 2 aromatic carbocycles. The van der Waals surface area contributed by atoms with Crippen LogP contribution in [-0.2, 0) is 4.79 Å². The molecule has 0 fully saturated rings. The number of hydrogen-bond donors (Lipinski definition) is 1. The van der Waals surface area contributed by atoms with Crippen molar-refractivity contribution >= 4 is 43.8 Å². The quantitative estimate of drug-likeness (QED) is 0.436. The number of methoxy groups -OCH3 is 1. The summed E-state index contributed by atoms with van der Waals surface area (Å²) >= 11 is 4.89. The number of benzene rings is 2. The SMILES string of the molecule is COc1ccc(-c2nn3cnnc3s2)cc1NC(=O)COc1c(C)cc(C)cc1Br. The Hall–Kier alpha value is -2.98. The van der Waals surface area contributed by atoms with Gasteiger partial charge in [-0.2, -0.15) is 9.61 Å². The number of anilines is 1. The van der Waals surface area contributed by atoms with Gasteiger partial charge in [-0.3, -0.25) is 4.79 Å². The summed E-state index contributed by atoms with van der Waals surface area (Å²) in [4.78, 5) is 13.2. The first-order valence-electron chi connectivity index (χ1n) is 8.99. The van der Waals surface area contributed by atoms with E-state index in [1.807, 2.05) is 38.1 Å². The molecule has 0 aliphatic heterocycles. The lowest BCUT2D eigenvalue weighted by molar-refractivity contribution is -0.118. The van der Waals surface area contributed by atoms with Gasteiger partial charge in [0, 0.05) is 5.56 Å². The van der Waals surface area contributed by atoms with E-state index in [0.29, 0.717) is 22.1 Å². The molecule has 10 heteroatoms. The van der Waals surface area contributed by atoms with Gasteiger partial charge >= 0.3 is 0 Å². The Morgan fingerprint density at radius 1 is 1.27 bits per heavy atom. The molecule has 30 heavy (non-hydrogen) atoms. The zero-order chi connectivity index (χ0) is 21.3. The van der Waals surface area contributed by atoms with Crippen LogP contribution < -0.4 is 14.8 Å². The van der Waals surface area contributed by atoms with E-state index in [2.05, 4.69) is 36.5 Å². The highest BCUT2D eigenvalue weighted by atomic mass is 79.9. The normalized spacial score (nSPS) is 10.9. The van der Waals surface area contributed by atoms with Crippen molar-refractivity contribution in [3.8, 4) is 22.1 Å². The summed E-state index contributed by atoms with van der Waals surface area (Å²) in [5.74, 6) is 0.898. The zero-order valence-corrected chi connectivity index (χ0v) is 18.9. The first-order chi connectivity index (χ1) is 14.4. The van der Waals surface area contributed by atoms with Crippen molar-refractivity contribution in [2.75, 3.05) is 19.0 Å². The summed E-state index contributed by atoms with van der Waals surface area (Å²) in [5.41, 5.74) is 3.44. The molecule has 4 rings (SSSR count). The molecule has 1 amide bonds. The minimum Gasteiger partial charge on any atom is -0.495 e. The number of nitrogens with one attached hydrogen (secondary N) is 1. The Labute approximate surface area is 185 Å². The number of ether oxygens (including phenoxy) is 2. The summed E-state index contributed by atoms with van der Waals surface area (Å²) < 4.78 is 13.6. The molecule has 0 saturated carbocycles. The van der Waals surface area contributed by atoms with Gasteiger partial charge in [0.1, 0.15) is 22.8 Å². The minimum atomic E-state index is -0.296. The highest BCUT2D eigenvalue weighted by Crippen LogP contribution is 2.33. The van der Waals surface area contributed by atoms with Crippen LogP contribution in [-0.4, -0.2) is 39.4 Å². The van der Waals surface area contributed by atoms with E-state index in [0.717, 1.165) is 26.2 Å². The predicted molar refractivity (Wildman–Crippen MR) is 118 cm³/mol. The summed E-state index contributed by atoms with van der Waals surface area (Å²) in [6.07, 6.45) is 1.55. The van der Waals surface area contributed by atoms with Crippen molar-refractivity contribution in [3.63, 3.8) is 0 Å². The number of carbonyl (C=O) groups is 1. The molecule has 0 atom stereocenters. The van der Waals surface area contributed by atoms with Crippen molar-refractivity contribution in [1.29, 1.82) is 0 Å². The molecule has 0 radical (unpaired) electrons. The Kier molecular flexibility index (Phi) is 5.69. The molecule has 0 spiro atoms. The van der Waals surface area contributed by atoms with Crippen molar-refractivity contribution < 1.29 is 14.3 Å². The lowest BCUT2D eigenvalue weighted by atomic mass is 10.1. The molecular formula is C20H18BrN5O3S. The van der Waals surface area contributed by atoms with E-state index in [-0.39, 0.29) is 12.5 Å². The summed E-state index contributed by atoms with van der Waals surface area (Å²) in [7, 11) is 1.55. The molecule has 0 aliphatic rings. The van der Waals surface area contributed by atoms with Crippen LogP contribution in [0.15, 0.2) is 41.1 Å². The Balaban J connectivity index is 1.51. The Morgan fingerprint density at radius 2 is 2.10 bits per heavy atom. The van der Waals surface area contributed by atoms with Gasteiger partial charge < -0.3 is 14.8 Å². The highest BCUT2D eigenvalue weighted by Gasteiger charge is 2.14. The van der Waals surface area contributed by atoms with E-state index in [1.54, 1.807) is 24.0 Å². The fourth-order valence-electron chi connectivity index (χ4n) is 3.02. The van der Waals surface area contributed by atoms with Gasteiger partial charge in [0.05, 0.1) is 17.3 Å². The predicted octanol–water partition coefficient (Wildman–Crippen LogP) is 4.26. The van der Waals surface area contributed by atoms with Gasteiger partial charge in [-0.1, -0.05) is 17.4 Å². The van der Waals surface area contributed by atoms with Crippen LogP contribution in [0.5, 0.6) is 11.5 Å². The highest BCUT2D eigenvalue weighted by molar-refractivity contribution is 9.10. The van der Waals surface area contributed by atoms with Crippen LogP contribution >= 0.6 is 27.3 Å². The summed E-state index contributed by atoms with van der Waals surface area (Å²) in [6.45, 7) is 3.81. The second kappa shape index (κ2) is 8.41. The molecule has 4 aromatic rings. The van der Waals surface area contributed by atoms with Gasteiger partial charge in [0.25, 0.3) is 5.91 Å². The molecule has 0 aliphatic carbocycles. The van der Waals surface area contributed by atoms with Gasteiger partial charge in [-0.05, 0) is 65.2 Å². The molecule has 1 N–H and O–H groups in total. The zero-order valence-electron chi connectivity index (χ0n) is 16.5. The Bertz CT molecular complexity index is 1180. The van der Waals surface area contributed by atoms with Gasteiger partial charge in [-0.25, -0.2) is 0 Å². The summed E-state index contributed by atoms with van der Waals surface area (Å²) in [6, 6.07) is 9.44. The average Bonchev–Trinajstić information content (AvgIpc) is 3.29. The maximum atomic E-state index is 12.5. The Morgan fingerprint density at radius 3 is 2.83 bits per heavy atom. The van der Waals surface area contributed by atoms with Gasteiger partial charge in [-0.15, -0.1) is 10.2 Å². The van der Waals surface area contributed by atoms with E-state index >= 15 is 0 Å². The van der Waals surface area contributed by atoms with Crippen LogP contribution in [0.1, 0.15) is 11.1 Å². The third-order valence-electron chi connectivity index (χ3n) is 4.33. The van der Waals surface area contributed by atoms with Gasteiger partial charge in [0.15, 0.2) is 6.61 Å².